The largest absolute Gasteiger partial charge is 0.395 e. The Hall–Kier alpha value is -0.973. The van der Waals surface area contributed by atoms with Gasteiger partial charge in [-0.1, -0.05) is 30.3 Å². The lowest BCUT2D eigenvalue weighted by Crippen LogP contribution is -2.31. The maximum Gasteiger partial charge on any atom is 0.393 e. The molecule has 15 heavy (non-hydrogen) atoms. The van der Waals surface area contributed by atoms with E-state index in [1.54, 1.807) is 0 Å². The zero-order valence-electron chi connectivity index (χ0n) is 9.10. The molecule has 3 nitrogen and oxygen atoms in total. The molecule has 0 amide bonds. The molecule has 0 radical (unpaired) electrons. The Labute approximate surface area is 91.9 Å². The van der Waals surface area contributed by atoms with Gasteiger partial charge in [0.2, 0.25) is 0 Å². The lowest BCUT2D eigenvalue weighted by atomic mass is 10.1. The van der Waals surface area contributed by atoms with E-state index in [9.17, 15) is 4.79 Å². The normalized spacial score (nSPS) is 10.6. The van der Waals surface area contributed by atoms with Gasteiger partial charge in [-0.3, -0.25) is 4.79 Å². The van der Waals surface area contributed by atoms with Crippen LogP contribution in [0, 0.1) is 0 Å². The Bertz CT molecular complexity index is 296. The van der Waals surface area contributed by atoms with Crippen molar-refractivity contribution in [2.75, 3.05) is 14.2 Å². The standard InChI is InChI=1S/C11H16O3Si/c1-13-15(14-2)11(12)9-8-10-6-4-3-5-7-10/h3-7,15H,8-9H2,1-2H3. The van der Waals surface area contributed by atoms with Crippen LogP contribution in [0.25, 0.3) is 0 Å². The molecule has 0 spiro atoms. The van der Waals surface area contributed by atoms with Crippen LogP contribution in [0.5, 0.6) is 0 Å². The van der Waals surface area contributed by atoms with Gasteiger partial charge in [-0.05, 0) is 12.0 Å². The molecule has 1 aromatic rings. The molecule has 0 bridgehead atoms. The quantitative estimate of drug-likeness (QED) is 0.682. The van der Waals surface area contributed by atoms with Gasteiger partial charge >= 0.3 is 9.28 Å². The number of hydrogen-bond donors (Lipinski definition) is 0. The van der Waals surface area contributed by atoms with E-state index >= 15 is 0 Å². The summed E-state index contributed by atoms with van der Waals surface area (Å²) >= 11 is 0. The first-order valence-electron chi connectivity index (χ1n) is 4.90. The first kappa shape index (κ1) is 12.1. The minimum atomic E-state index is -2.07. The molecule has 0 N–H and O–H groups in total. The van der Waals surface area contributed by atoms with Gasteiger partial charge in [-0.25, -0.2) is 0 Å². The van der Waals surface area contributed by atoms with Crippen LogP contribution in [0.15, 0.2) is 30.3 Å². The minimum absolute atomic E-state index is 0.115. The van der Waals surface area contributed by atoms with E-state index in [0.717, 1.165) is 6.42 Å². The van der Waals surface area contributed by atoms with Crippen LogP contribution in [0.1, 0.15) is 12.0 Å². The van der Waals surface area contributed by atoms with Gasteiger partial charge in [0.1, 0.15) is 0 Å². The summed E-state index contributed by atoms with van der Waals surface area (Å²) < 4.78 is 10.0. The van der Waals surface area contributed by atoms with Gasteiger partial charge in [-0.15, -0.1) is 0 Å². The second kappa shape index (κ2) is 6.50. The molecular weight excluding hydrogens is 208 g/mol. The molecule has 0 saturated carbocycles. The highest BCUT2D eigenvalue weighted by molar-refractivity contribution is 6.80. The highest BCUT2D eigenvalue weighted by Crippen LogP contribution is 2.04. The first-order valence-corrected chi connectivity index (χ1v) is 6.42. The SMILES string of the molecule is CO[SiH](OC)C(=O)CCc1ccccc1. The summed E-state index contributed by atoms with van der Waals surface area (Å²) in [5.74, 6) is 0. The van der Waals surface area contributed by atoms with Gasteiger partial charge in [0.05, 0.1) is 0 Å². The van der Waals surface area contributed by atoms with Crippen molar-refractivity contribution in [2.45, 2.75) is 12.8 Å². The summed E-state index contributed by atoms with van der Waals surface area (Å²) in [7, 11) is 0.991. The van der Waals surface area contributed by atoms with Crippen LogP contribution in [-0.4, -0.2) is 28.9 Å². The highest BCUT2D eigenvalue weighted by atomic mass is 28.3. The molecule has 0 fully saturated rings. The van der Waals surface area contributed by atoms with E-state index in [0.29, 0.717) is 6.42 Å². The molecule has 0 atom stereocenters. The van der Waals surface area contributed by atoms with Gasteiger partial charge < -0.3 is 8.85 Å². The highest BCUT2D eigenvalue weighted by Gasteiger charge is 2.20. The van der Waals surface area contributed by atoms with Crippen molar-refractivity contribution in [1.29, 1.82) is 0 Å². The van der Waals surface area contributed by atoms with E-state index < -0.39 is 9.28 Å². The topological polar surface area (TPSA) is 35.5 Å². The third kappa shape index (κ3) is 3.95. The molecule has 0 aliphatic heterocycles. The Kier molecular flexibility index (Phi) is 5.24. The Morgan fingerprint density at radius 2 is 1.80 bits per heavy atom. The summed E-state index contributed by atoms with van der Waals surface area (Å²) in [5, 5.41) is 0.115. The van der Waals surface area contributed by atoms with Crippen LogP contribution in [0.3, 0.4) is 0 Å². The molecule has 0 aromatic heterocycles. The van der Waals surface area contributed by atoms with Crippen molar-refractivity contribution in [3.63, 3.8) is 0 Å². The lowest BCUT2D eigenvalue weighted by molar-refractivity contribution is -0.114. The van der Waals surface area contributed by atoms with Crippen molar-refractivity contribution in [2.24, 2.45) is 0 Å². The van der Waals surface area contributed by atoms with E-state index in [1.807, 2.05) is 30.3 Å². The number of hydrogen-bond acceptors (Lipinski definition) is 3. The maximum absolute atomic E-state index is 11.6. The van der Waals surface area contributed by atoms with Crippen molar-refractivity contribution in [1.82, 2.24) is 0 Å². The van der Waals surface area contributed by atoms with Crippen LogP contribution >= 0.6 is 0 Å². The summed E-state index contributed by atoms with van der Waals surface area (Å²) in [6, 6.07) is 9.95. The van der Waals surface area contributed by atoms with Crippen LogP contribution in [0.4, 0.5) is 0 Å². The summed E-state index contributed by atoms with van der Waals surface area (Å²) in [5.41, 5.74) is 1.17. The predicted octanol–water partition coefficient (Wildman–Crippen LogP) is 1.24. The zero-order valence-corrected chi connectivity index (χ0v) is 10.3. The van der Waals surface area contributed by atoms with E-state index in [-0.39, 0.29) is 5.41 Å². The summed E-state index contributed by atoms with van der Waals surface area (Å²) in [6.45, 7) is 0. The zero-order chi connectivity index (χ0) is 11.1. The number of carbonyl (C=O) groups is 1. The molecule has 0 heterocycles. The fraction of sp³-hybridized carbons (Fsp3) is 0.364. The fourth-order valence-electron chi connectivity index (χ4n) is 1.39. The second-order valence-electron chi connectivity index (χ2n) is 3.26. The van der Waals surface area contributed by atoms with Gasteiger partial charge in [0.25, 0.3) is 0 Å². The van der Waals surface area contributed by atoms with Crippen LogP contribution < -0.4 is 0 Å². The van der Waals surface area contributed by atoms with E-state index in [1.165, 1.54) is 19.8 Å². The van der Waals surface area contributed by atoms with Crippen molar-refractivity contribution in [3.8, 4) is 0 Å². The molecule has 1 aromatic carbocycles. The second-order valence-corrected chi connectivity index (χ2v) is 5.51. The summed E-state index contributed by atoms with van der Waals surface area (Å²) in [4.78, 5) is 11.6. The minimum Gasteiger partial charge on any atom is -0.395 e. The molecular formula is C11H16O3Si. The lowest BCUT2D eigenvalue weighted by Gasteiger charge is -2.09. The molecule has 0 unspecified atom stereocenters. The fourth-order valence-corrected chi connectivity index (χ4v) is 2.49. The predicted molar refractivity (Wildman–Crippen MR) is 60.9 cm³/mol. The molecule has 1 rings (SSSR count). The van der Waals surface area contributed by atoms with Crippen molar-refractivity contribution >= 4 is 14.7 Å². The number of carbonyl (C=O) groups excluding carboxylic acids is 1. The van der Waals surface area contributed by atoms with Crippen molar-refractivity contribution in [3.05, 3.63) is 35.9 Å². The van der Waals surface area contributed by atoms with Crippen LogP contribution in [0.2, 0.25) is 0 Å². The van der Waals surface area contributed by atoms with Gasteiger partial charge in [-0.2, -0.15) is 0 Å². The third-order valence-electron chi connectivity index (χ3n) is 2.19. The monoisotopic (exact) mass is 224 g/mol. The summed E-state index contributed by atoms with van der Waals surface area (Å²) in [6.07, 6.45) is 1.26. The third-order valence-corrected chi connectivity index (χ3v) is 3.86. The van der Waals surface area contributed by atoms with E-state index in [4.69, 9.17) is 8.85 Å². The number of aryl methyl sites for hydroxylation is 1. The van der Waals surface area contributed by atoms with Gasteiger partial charge in [0, 0.05) is 20.6 Å². The van der Waals surface area contributed by atoms with E-state index in [2.05, 4.69) is 0 Å². The van der Waals surface area contributed by atoms with Crippen LogP contribution in [-0.2, 0) is 20.1 Å². The van der Waals surface area contributed by atoms with Crippen molar-refractivity contribution < 1.29 is 13.6 Å². The average molecular weight is 224 g/mol. The van der Waals surface area contributed by atoms with Gasteiger partial charge in [0.15, 0.2) is 5.41 Å². The maximum atomic E-state index is 11.6. The average Bonchev–Trinajstić information content (AvgIpc) is 2.29. The number of rotatable bonds is 6. The molecule has 4 heteroatoms. The molecule has 0 saturated heterocycles. The Balaban J connectivity index is 2.40. The molecule has 0 aliphatic rings. The molecule has 82 valence electrons. The smallest absolute Gasteiger partial charge is 0.393 e. The Morgan fingerprint density at radius 3 is 2.33 bits per heavy atom. The Morgan fingerprint density at radius 1 is 1.20 bits per heavy atom. The molecule has 0 aliphatic carbocycles. The number of benzene rings is 1. The first-order chi connectivity index (χ1) is 7.27.